The van der Waals surface area contributed by atoms with Crippen LogP contribution in [0.1, 0.15) is 52.5 Å². The summed E-state index contributed by atoms with van der Waals surface area (Å²) in [5.41, 5.74) is -0.879. The number of imide groups is 1. The number of aromatic nitrogens is 2. The lowest BCUT2D eigenvalue weighted by atomic mass is 9.98. The summed E-state index contributed by atoms with van der Waals surface area (Å²) in [6.07, 6.45) is 3.33. The number of anilines is 1. The first-order valence-electron chi connectivity index (χ1n) is 9.41. The number of nitrogens with one attached hydrogen (secondary N) is 2. The van der Waals surface area contributed by atoms with Crippen molar-refractivity contribution in [3.8, 4) is 0 Å². The van der Waals surface area contributed by atoms with Gasteiger partial charge < -0.3 is 15.4 Å². The molecule has 1 aromatic rings. The van der Waals surface area contributed by atoms with Crippen molar-refractivity contribution < 1.29 is 23.9 Å². The summed E-state index contributed by atoms with van der Waals surface area (Å²) in [5.74, 6) is -1.26. The normalized spacial score (nSPS) is 19.2. The topological polar surface area (TPSA) is 123 Å². The van der Waals surface area contributed by atoms with Crippen molar-refractivity contribution >= 4 is 29.6 Å². The molecule has 0 radical (unpaired) electrons. The van der Waals surface area contributed by atoms with Crippen LogP contribution in [0, 0.1) is 0 Å². The lowest BCUT2D eigenvalue weighted by Gasteiger charge is -2.20. The Morgan fingerprint density at radius 2 is 1.96 bits per heavy atom. The van der Waals surface area contributed by atoms with Crippen LogP contribution in [0.3, 0.4) is 0 Å². The molecule has 0 unspecified atom stereocenters. The van der Waals surface area contributed by atoms with E-state index in [4.69, 9.17) is 4.74 Å². The summed E-state index contributed by atoms with van der Waals surface area (Å²) in [6.45, 7) is 4.74. The molecule has 1 atom stereocenters. The molecule has 0 aromatic carbocycles. The smallest absolute Gasteiger partial charge is 0.327 e. The fourth-order valence-corrected chi connectivity index (χ4v) is 3.61. The van der Waals surface area contributed by atoms with Crippen LogP contribution in [0.4, 0.5) is 10.6 Å². The van der Waals surface area contributed by atoms with Crippen LogP contribution < -0.4 is 10.6 Å². The number of carbonyl (C=O) groups excluding carboxylic acids is 4. The molecular weight excluding hydrogens is 366 g/mol. The average Bonchev–Trinajstić information content (AvgIpc) is 3.33. The molecule has 1 aliphatic heterocycles. The average molecular weight is 391 g/mol. The first kappa shape index (κ1) is 19.8. The van der Waals surface area contributed by atoms with E-state index in [-0.39, 0.29) is 6.04 Å². The van der Waals surface area contributed by atoms with Crippen molar-refractivity contribution in [1.82, 2.24) is 20.0 Å². The third kappa shape index (κ3) is 3.71. The summed E-state index contributed by atoms with van der Waals surface area (Å²) in [6, 6.07) is 1.09. The van der Waals surface area contributed by atoms with E-state index in [9.17, 15) is 19.2 Å². The highest BCUT2D eigenvalue weighted by Crippen LogP contribution is 2.34. The Hall–Kier alpha value is -2.91. The Labute approximate surface area is 162 Å². The largest absolute Gasteiger partial charge is 0.451 e. The van der Waals surface area contributed by atoms with Gasteiger partial charge in [0.1, 0.15) is 17.9 Å². The molecule has 2 N–H and O–H groups in total. The van der Waals surface area contributed by atoms with Gasteiger partial charge in [0.25, 0.3) is 11.8 Å². The van der Waals surface area contributed by atoms with Crippen molar-refractivity contribution in [2.75, 3.05) is 11.9 Å². The van der Waals surface area contributed by atoms with Crippen LogP contribution in [-0.2, 0) is 19.1 Å². The van der Waals surface area contributed by atoms with E-state index >= 15 is 0 Å². The second kappa shape index (κ2) is 7.61. The van der Waals surface area contributed by atoms with Gasteiger partial charge in [-0.1, -0.05) is 12.8 Å². The van der Waals surface area contributed by atoms with Gasteiger partial charge >= 0.3 is 12.0 Å². The SMILES string of the molecule is CC(C)n1nccc1NC(=O)[C@@H](C)OC(=O)CN1C(=O)NC2(CCCC2)C1=O. The third-order valence-electron chi connectivity index (χ3n) is 5.08. The quantitative estimate of drug-likeness (QED) is 0.555. The summed E-state index contributed by atoms with van der Waals surface area (Å²) in [7, 11) is 0. The number of ether oxygens (including phenoxy) is 1. The van der Waals surface area contributed by atoms with Gasteiger partial charge in [-0.25, -0.2) is 9.48 Å². The number of rotatable bonds is 6. The van der Waals surface area contributed by atoms with Gasteiger partial charge in [-0.2, -0.15) is 5.10 Å². The number of hydrogen-bond donors (Lipinski definition) is 2. The Bertz CT molecular complexity index is 796. The van der Waals surface area contributed by atoms with Gasteiger partial charge in [0.2, 0.25) is 0 Å². The van der Waals surface area contributed by atoms with E-state index in [0.717, 1.165) is 17.7 Å². The van der Waals surface area contributed by atoms with Crippen LogP contribution in [0.2, 0.25) is 0 Å². The van der Waals surface area contributed by atoms with E-state index < -0.39 is 42.0 Å². The van der Waals surface area contributed by atoms with Crippen LogP contribution in [0.15, 0.2) is 12.3 Å². The first-order valence-corrected chi connectivity index (χ1v) is 9.41. The molecular formula is C18H25N5O5. The number of urea groups is 1. The molecule has 1 saturated carbocycles. The highest BCUT2D eigenvalue weighted by molar-refractivity contribution is 6.09. The van der Waals surface area contributed by atoms with Crippen molar-refractivity contribution in [2.45, 2.75) is 64.1 Å². The standard InChI is InChI=1S/C18H25N5O5/c1-11(2)23-13(6-9-19-23)20-15(25)12(3)28-14(24)10-22-16(26)18(21-17(22)27)7-4-5-8-18/h6,9,11-12H,4-5,7-8,10H2,1-3H3,(H,20,25)(H,21,27)/t12-/m1/s1. The van der Waals surface area contributed by atoms with Gasteiger partial charge in [0, 0.05) is 12.1 Å². The van der Waals surface area contributed by atoms with E-state index in [0.29, 0.717) is 18.7 Å². The highest BCUT2D eigenvalue weighted by atomic mass is 16.5. The second-order valence-corrected chi connectivity index (χ2v) is 7.49. The zero-order chi connectivity index (χ0) is 20.5. The van der Waals surface area contributed by atoms with Crippen molar-refractivity contribution in [3.05, 3.63) is 12.3 Å². The maximum atomic E-state index is 12.6. The van der Waals surface area contributed by atoms with Gasteiger partial charge in [-0.05, 0) is 33.6 Å². The number of amides is 4. The molecule has 0 bridgehead atoms. The third-order valence-corrected chi connectivity index (χ3v) is 5.08. The van der Waals surface area contributed by atoms with Crippen molar-refractivity contribution in [2.24, 2.45) is 0 Å². The summed E-state index contributed by atoms with van der Waals surface area (Å²) >= 11 is 0. The molecule has 2 aliphatic rings. The summed E-state index contributed by atoms with van der Waals surface area (Å²) in [4.78, 5) is 50.0. The van der Waals surface area contributed by atoms with Gasteiger partial charge in [0.05, 0.1) is 6.20 Å². The Kier molecular flexibility index (Phi) is 5.39. The molecule has 4 amide bonds. The first-order chi connectivity index (χ1) is 13.2. The van der Waals surface area contributed by atoms with Gasteiger partial charge in [-0.15, -0.1) is 0 Å². The summed E-state index contributed by atoms with van der Waals surface area (Å²) in [5, 5.41) is 9.46. The molecule has 2 fully saturated rings. The molecule has 10 nitrogen and oxygen atoms in total. The van der Waals surface area contributed by atoms with E-state index in [1.165, 1.54) is 6.92 Å². The number of hydrogen-bond acceptors (Lipinski definition) is 6. The zero-order valence-electron chi connectivity index (χ0n) is 16.2. The minimum absolute atomic E-state index is 0.0470. The van der Waals surface area contributed by atoms with E-state index in [2.05, 4.69) is 15.7 Å². The minimum atomic E-state index is -1.09. The van der Waals surface area contributed by atoms with Gasteiger partial charge in [-0.3, -0.25) is 19.3 Å². The highest BCUT2D eigenvalue weighted by Gasteiger charge is 2.52. The van der Waals surface area contributed by atoms with Crippen LogP contribution in [-0.4, -0.2) is 56.7 Å². The molecule has 1 aliphatic carbocycles. The fraction of sp³-hybridized carbons (Fsp3) is 0.611. The van der Waals surface area contributed by atoms with E-state index in [1.54, 1.807) is 16.9 Å². The monoisotopic (exact) mass is 391 g/mol. The van der Waals surface area contributed by atoms with Crippen molar-refractivity contribution in [3.63, 3.8) is 0 Å². The molecule has 1 aromatic heterocycles. The van der Waals surface area contributed by atoms with Gasteiger partial charge in [0.15, 0.2) is 6.10 Å². The lowest BCUT2D eigenvalue weighted by molar-refractivity contribution is -0.155. The molecule has 1 spiro atoms. The molecule has 152 valence electrons. The predicted molar refractivity (Wildman–Crippen MR) is 98.2 cm³/mol. The molecule has 2 heterocycles. The minimum Gasteiger partial charge on any atom is -0.451 e. The Balaban J connectivity index is 1.55. The summed E-state index contributed by atoms with van der Waals surface area (Å²) < 4.78 is 6.74. The maximum Gasteiger partial charge on any atom is 0.327 e. The fourth-order valence-electron chi connectivity index (χ4n) is 3.61. The maximum absolute atomic E-state index is 12.6. The number of carbonyl (C=O) groups is 4. The lowest BCUT2D eigenvalue weighted by Crippen LogP contribution is -2.44. The molecule has 10 heteroatoms. The van der Waals surface area contributed by atoms with Crippen LogP contribution in [0.25, 0.3) is 0 Å². The second-order valence-electron chi connectivity index (χ2n) is 7.49. The molecule has 3 rings (SSSR count). The van der Waals surface area contributed by atoms with Crippen LogP contribution >= 0.6 is 0 Å². The van der Waals surface area contributed by atoms with Crippen LogP contribution in [0.5, 0.6) is 0 Å². The predicted octanol–water partition coefficient (Wildman–Crippen LogP) is 1.20. The number of esters is 1. The molecule has 1 saturated heterocycles. The zero-order valence-corrected chi connectivity index (χ0v) is 16.2. The molecule has 28 heavy (non-hydrogen) atoms. The Morgan fingerprint density at radius 1 is 1.29 bits per heavy atom. The Morgan fingerprint density at radius 3 is 2.61 bits per heavy atom. The van der Waals surface area contributed by atoms with E-state index in [1.807, 2.05) is 13.8 Å². The number of nitrogens with zero attached hydrogens (tertiary/aromatic N) is 3. The van der Waals surface area contributed by atoms with Crippen molar-refractivity contribution in [1.29, 1.82) is 0 Å².